The summed E-state index contributed by atoms with van der Waals surface area (Å²) in [5.74, 6) is 0.934. The first-order valence-electron chi connectivity index (χ1n) is 6.62. The maximum Gasteiger partial charge on any atom is 0.0534 e. The Kier molecular flexibility index (Phi) is 4.04. The van der Waals surface area contributed by atoms with Crippen LogP contribution in [-0.2, 0) is 4.74 Å². The van der Waals surface area contributed by atoms with E-state index in [1.54, 1.807) is 0 Å². The van der Waals surface area contributed by atoms with Crippen LogP contribution in [0.3, 0.4) is 0 Å². The van der Waals surface area contributed by atoms with Crippen LogP contribution >= 0.6 is 0 Å². The third-order valence-electron chi connectivity index (χ3n) is 4.28. The fourth-order valence-electron chi connectivity index (χ4n) is 3.32. The van der Waals surface area contributed by atoms with Crippen molar-refractivity contribution >= 4 is 0 Å². The summed E-state index contributed by atoms with van der Waals surface area (Å²) in [4.78, 5) is 0. The second kappa shape index (κ2) is 5.31. The van der Waals surface area contributed by atoms with Crippen molar-refractivity contribution in [2.75, 3.05) is 19.8 Å². The molecule has 1 aliphatic carbocycles. The molecule has 0 bridgehead atoms. The molecule has 1 saturated heterocycles. The van der Waals surface area contributed by atoms with Gasteiger partial charge in [0.2, 0.25) is 0 Å². The zero-order valence-corrected chi connectivity index (χ0v) is 9.84. The third kappa shape index (κ3) is 2.94. The van der Waals surface area contributed by atoms with E-state index in [4.69, 9.17) is 10.5 Å². The molecule has 2 heteroatoms. The summed E-state index contributed by atoms with van der Waals surface area (Å²) in [7, 11) is 0. The van der Waals surface area contributed by atoms with Crippen LogP contribution in [0.2, 0.25) is 0 Å². The first-order valence-corrected chi connectivity index (χ1v) is 6.62. The zero-order valence-electron chi connectivity index (χ0n) is 9.84. The Labute approximate surface area is 93.6 Å². The minimum atomic E-state index is 0.334. The quantitative estimate of drug-likeness (QED) is 0.779. The predicted molar refractivity (Wildman–Crippen MR) is 62.7 cm³/mol. The summed E-state index contributed by atoms with van der Waals surface area (Å²) >= 11 is 0. The molecule has 2 rings (SSSR count). The summed E-state index contributed by atoms with van der Waals surface area (Å²) in [5, 5.41) is 0. The molecule has 0 radical (unpaired) electrons. The molecule has 1 heterocycles. The van der Waals surface area contributed by atoms with Crippen LogP contribution in [0.15, 0.2) is 0 Å². The van der Waals surface area contributed by atoms with Crippen molar-refractivity contribution in [2.24, 2.45) is 17.1 Å². The predicted octanol–water partition coefficient (Wildman–Crippen LogP) is 2.71. The SMILES string of the molecule is NCC1(CC2CCCCC2)CCCOC1. The highest BCUT2D eigenvalue weighted by molar-refractivity contribution is 4.86. The van der Waals surface area contributed by atoms with Gasteiger partial charge in [-0.05, 0) is 25.2 Å². The molecule has 0 aromatic rings. The highest BCUT2D eigenvalue weighted by Gasteiger charge is 2.34. The lowest BCUT2D eigenvalue weighted by molar-refractivity contribution is -0.0188. The van der Waals surface area contributed by atoms with Crippen LogP contribution in [0.5, 0.6) is 0 Å². The van der Waals surface area contributed by atoms with Crippen molar-refractivity contribution in [3.8, 4) is 0 Å². The highest BCUT2D eigenvalue weighted by Crippen LogP contribution is 2.39. The molecule has 0 spiro atoms. The van der Waals surface area contributed by atoms with Crippen molar-refractivity contribution in [3.05, 3.63) is 0 Å². The summed E-state index contributed by atoms with van der Waals surface area (Å²) in [6, 6.07) is 0. The summed E-state index contributed by atoms with van der Waals surface area (Å²) in [6.07, 6.45) is 11.0. The summed E-state index contributed by atoms with van der Waals surface area (Å²) in [5.41, 5.74) is 6.31. The van der Waals surface area contributed by atoms with E-state index < -0.39 is 0 Å². The second-order valence-corrected chi connectivity index (χ2v) is 5.57. The zero-order chi connectivity index (χ0) is 10.6. The summed E-state index contributed by atoms with van der Waals surface area (Å²) in [6.45, 7) is 2.69. The molecule has 88 valence electrons. The third-order valence-corrected chi connectivity index (χ3v) is 4.28. The van der Waals surface area contributed by atoms with Gasteiger partial charge in [-0.25, -0.2) is 0 Å². The van der Waals surface area contributed by atoms with Crippen LogP contribution in [0, 0.1) is 11.3 Å². The van der Waals surface area contributed by atoms with Crippen molar-refractivity contribution < 1.29 is 4.74 Å². The average molecular weight is 211 g/mol. The maximum absolute atomic E-state index is 5.98. The van der Waals surface area contributed by atoms with Gasteiger partial charge in [-0.3, -0.25) is 0 Å². The van der Waals surface area contributed by atoms with E-state index in [1.165, 1.54) is 51.4 Å². The average Bonchev–Trinajstić information content (AvgIpc) is 2.32. The molecule has 2 fully saturated rings. The van der Waals surface area contributed by atoms with Gasteiger partial charge < -0.3 is 10.5 Å². The molecule has 1 atom stereocenters. The highest BCUT2D eigenvalue weighted by atomic mass is 16.5. The minimum absolute atomic E-state index is 0.334. The van der Waals surface area contributed by atoms with Gasteiger partial charge in [-0.2, -0.15) is 0 Å². The van der Waals surface area contributed by atoms with Gasteiger partial charge >= 0.3 is 0 Å². The Morgan fingerprint density at radius 1 is 1.13 bits per heavy atom. The Morgan fingerprint density at radius 2 is 1.93 bits per heavy atom. The maximum atomic E-state index is 5.98. The normalized spacial score (nSPS) is 34.2. The van der Waals surface area contributed by atoms with E-state index >= 15 is 0 Å². The molecule has 2 aliphatic rings. The molecule has 1 saturated carbocycles. The lowest BCUT2D eigenvalue weighted by atomic mass is 9.72. The molecule has 0 aromatic heterocycles. The van der Waals surface area contributed by atoms with Gasteiger partial charge in [0, 0.05) is 18.6 Å². The number of hydrogen-bond donors (Lipinski definition) is 1. The van der Waals surface area contributed by atoms with Gasteiger partial charge in [0.15, 0.2) is 0 Å². The molecule has 2 nitrogen and oxygen atoms in total. The van der Waals surface area contributed by atoms with Crippen LogP contribution in [0.1, 0.15) is 51.4 Å². The fraction of sp³-hybridized carbons (Fsp3) is 1.00. The van der Waals surface area contributed by atoms with Crippen LogP contribution in [0.4, 0.5) is 0 Å². The lowest BCUT2D eigenvalue weighted by Crippen LogP contribution is -2.40. The van der Waals surface area contributed by atoms with E-state index in [0.29, 0.717) is 5.41 Å². The Bertz CT molecular complexity index is 181. The topological polar surface area (TPSA) is 35.2 Å². The standard InChI is InChI=1S/C13H25NO/c14-10-13(7-4-8-15-11-13)9-12-5-2-1-3-6-12/h12H,1-11,14H2. The second-order valence-electron chi connectivity index (χ2n) is 5.57. The van der Waals surface area contributed by atoms with E-state index in [-0.39, 0.29) is 0 Å². The molecule has 15 heavy (non-hydrogen) atoms. The molecule has 1 unspecified atom stereocenters. The van der Waals surface area contributed by atoms with E-state index in [2.05, 4.69) is 0 Å². The Balaban J connectivity index is 1.87. The van der Waals surface area contributed by atoms with Crippen molar-refractivity contribution in [3.63, 3.8) is 0 Å². The van der Waals surface area contributed by atoms with Crippen LogP contribution in [-0.4, -0.2) is 19.8 Å². The minimum Gasteiger partial charge on any atom is -0.381 e. The van der Waals surface area contributed by atoms with Crippen molar-refractivity contribution in [1.29, 1.82) is 0 Å². The van der Waals surface area contributed by atoms with E-state index in [1.807, 2.05) is 0 Å². The number of nitrogens with two attached hydrogens (primary N) is 1. The van der Waals surface area contributed by atoms with Gasteiger partial charge in [0.25, 0.3) is 0 Å². The smallest absolute Gasteiger partial charge is 0.0534 e. The van der Waals surface area contributed by atoms with E-state index in [9.17, 15) is 0 Å². The Hall–Kier alpha value is -0.0800. The first kappa shape index (κ1) is 11.4. The number of rotatable bonds is 3. The number of ether oxygens (including phenoxy) is 1. The monoisotopic (exact) mass is 211 g/mol. The molecule has 1 aliphatic heterocycles. The fourth-order valence-corrected chi connectivity index (χ4v) is 3.32. The molecule has 2 N–H and O–H groups in total. The van der Waals surface area contributed by atoms with Crippen LogP contribution in [0.25, 0.3) is 0 Å². The number of hydrogen-bond acceptors (Lipinski definition) is 2. The molecular formula is C13H25NO. The van der Waals surface area contributed by atoms with Gasteiger partial charge in [-0.15, -0.1) is 0 Å². The Morgan fingerprint density at radius 3 is 2.53 bits per heavy atom. The summed E-state index contributed by atoms with van der Waals surface area (Å²) < 4.78 is 5.64. The lowest BCUT2D eigenvalue weighted by Gasteiger charge is -2.39. The first-order chi connectivity index (χ1) is 7.35. The van der Waals surface area contributed by atoms with Crippen LogP contribution < -0.4 is 5.73 Å². The van der Waals surface area contributed by atoms with Crippen molar-refractivity contribution in [1.82, 2.24) is 0 Å². The van der Waals surface area contributed by atoms with Gasteiger partial charge in [0.1, 0.15) is 0 Å². The van der Waals surface area contributed by atoms with Crippen molar-refractivity contribution in [2.45, 2.75) is 51.4 Å². The molecule has 0 aromatic carbocycles. The van der Waals surface area contributed by atoms with Gasteiger partial charge in [-0.1, -0.05) is 32.1 Å². The van der Waals surface area contributed by atoms with E-state index in [0.717, 1.165) is 25.7 Å². The largest absolute Gasteiger partial charge is 0.381 e. The van der Waals surface area contributed by atoms with Gasteiger partial charge in [0.05, 0.1) is 6.61 Å². The molecule has 0 amide bonds. The molecular weight excluding hydrogens is 186 g/mol.